The van der Waals surface area contributed by atoms with Gasteiger partial charge in [-0.1, -0.05) is 41.5 Å². The van der Waals surface area contributed by atoms with E-state index in [1.54, 1.807) is 12.2 Å². The number of Topliss-reactive ketones (excluding diaryl/α,β-unsaturated/α-hetero) is 2. The lowest BCUT2D eigenvalue weighted by Crippen LogP contribution is -2.28. The molecule has 0 fully saturated rings. The Morgan fingerprint density at radius 1 is 0.727 bits per heavy atom. The van der Waals surface area contributed by atoms with Crippen LogP contribution in [0.4, 0.5) is 0 Å². The maximum atomic E-state index is 13.1. The molecule has 0 aromatic carbocycles. The number of allylic oxidation sites excluding steroid dienone is 9. The van der Waals surface area contributed by atoms with Gasteiger partial charge in [0.2, 0.25) is 0 Å². The van der Waals surface area contributed by atoms with E-state index in [0.717, 1.165) is 5.57 Å². The van der Waals surface area contributed by atoms with Gasteiger partial charge in [0.05, 0.1) is 19.8 Å². The van der Waals surface area contributed by atoms with Crippen molar-refractivity contribution in [2.75, 3.05) is 14.2 Å². The van der Waals surface area contributed by atoms with Crippen LogP contribution < -0.4 is 0 Å². The van der Waals surface area contributed by atoms with Crippen molar-refractivity contribution < 1.29 is 28.6 Å². The zero-order chi connectivity index (χ0) is 24.7. The number of hydrogen-bond donors (Lipinski definition) is 0. The molecule has 0 N–H and O–H groups in total. The molecule has 6 heteroatoms. The van der Waals surface area contributed by atoms with Crippen LogP contribution in [0.3, 0.4) is 0 Å². The quantitative estimate of drug-likeness (QED) is 0.574. The van der Waals surface area contributed by atoms with Gasteiger partial charge in [0.15, 0.2) is 17.3 Å². The van der Waals surface area contributed by atoms with E-state index >= 15 is 0 Å². The molecule has 0 aromatic heterocycles. The summed E-state index contributed by atoms with van der Waals surface area (Å²) in [5.74, 6) is -0.403. The third-order valence-corrected chi connectivity index (χ3v) is 5.52. The Balaban J connectivity index is 2.11. The van der Waals surface area contributed by atoms with Crippen molar-refractivity contribution in [3.05, 3.63) is 81.6 Å². The van der Waals surface area contributed by atoms with Gasteiger partial charge in [-0.05, 0) is 52.9 Å². The summed E-state index contributed by atoms with van der Waals surface area (Å²) in [5, 5.41) is 0. The lowest BCUT2D eigenvalue weighted by Gasteiger charge is -2.31. The fourth-order valence-corrected chi connectivity index (χ4v) is 3.68. The molecule has 0 amide bonds. The zero-order valence-corrected chi connectivity index (χ0v) is 20.4. The number of ether oxygens (including phenoxy) is 3. The van der Waals surface area contributed by atoms with Gasteiger partial charge >= 0.3 is 5.97 Å². The highest BCUT2D eigenvalue weighted by atomic mass is 16.5. The summed E-state index contributed by atoms with van der Waals surface area (Å²) in [6.45, 7) is 12.0. The van der Waals surface area contributed by atoms with Crippen molar-refractivity contribution in [2.45, 2.75) is 41.5 Å². The van der Waals surface area contributed by atoms with E-state index in [0.29, 0.717) is 22.3 Å². The number of ketones is 2. The number of carbonyl (C=O) groups is 3. The predicted octanol–water partition coefficient (Wildman–Crippen LogP) is 4.82. The van der Waals surface area contributed by atoms with Crippen molar-refractivity contribution in [3.63, 3.8) is 0 Å². The number of cyclic esters (lactones) is 1. The number of methoxy groups -OCH3 is 2. The van der Waals surface area contributed by atoms with Gasteiger partial charge in [-0.25, -0.2) is 4.79 Å². The summed E-state index contributed by atoms with van der Waals surface area (Å²) in [6, 6.07) is 0. The van der Waals surface area contributed by atoms with Crippen molar-refractivity contribution in [2.24, 2.45) is 10.8 Å². The Labute approximate surface area is 194 Å². The molecule has 0 unspecified atom stereocenters. The third-order valence-electron chi connectivity index (χ3n) is 5.52. The molecule has 0 saturated heterocycles. The van der Waals surface area contributed by atoms with Crippen molar-refractivity contribution in [1.29, 1.82) is 0 Å². The second kappa shape index (κ2) is 8.50. The van der Waals surface area contributed by atoms with E-state index in [2.05, 4.69) is 0 Å². The first-order valence-electron chi connectivity index (χ1n) is 10.7. The first-order chi connectivity index (χ1) is 15.3. The molecule has 3 rings (SSSR count). The summed E-state index contributed by atoms with van der Waals surface area (Å²) in [5.41, 5.74) is 2.26. The van der Waals surface area contributed by atoms with Crippen LogP contribution in [0.1, 0.15) is 41.5 Å². The van der Waals surface area contributed by atoms with Gasteiger partial charge in [0.1, 0.15) is 5.76 Å². The van der Waals surface area contributed by atoms with Crippen LogP contribution >= 0.6 is 0 Å². The monoisotopic (exact) mass is 450 g/mol. The number of esters is 1. The van der Waals surface area contributed by atoms with Crippen LogP contribution in [-0.2, 0) is 28.6 Å². The summed E-state index contributed by atoms with van der Waals surface area (Å²) >= 11 is 0. The molecule has 0 aromatic rings. The lowest BCUT2D eigenvalue weighted by atomic mass is 9.72. The molecule has 6 nitrogen and oxygen atoms in total. The highest BCUT2D eigenvalue weighted by Gasteiger charge is 2.34. The summed E-state index contributed by atoms with van der Waals surface area (Å²) in [7, 11) is 2.78. The van der Waals surface area contributed by atoms with Gasteiger partial charge in [-0.3, -0.25) is 9.59 Å². The summed E-state index contributed by atoms with van der Waals surface area (Å²) in [4.78, 5) is 38.0. The predicted molar refractivity (Wildman–Crippen MR) is 125 cm³/mol. The lowest BCUT2D eigenvalue weighted by molar-refractivity contribution is -0.132. The Bertz CT molecular complexity index is 1090. The van der Waals surface area contributed by atoms with E-state index in [9.17, 15) is 14.4 Å². The first-order valence-corrected chi connectivity index (χ1v) is 10.7. The number of hydrogen-bond acceptors (Lipinski definition) is 6. The number of rotatable bonds is 3. The minimum atomic E-state index is -0.519. The smallest absolute Gasteiger partial charge is 0.343 e. The average molecular weight is 451 g/mol. The van der Waals surface area contributed by atoms with E-state index < -0.39 is 5.97 Å². The largest absolute Gasteiger partial charge is 0.492 e. The van der Waals surface area contributed by atoms with Crippen LogP contribution in [0.25, 0.3) is 0 Å². The van der Waals surface area contributed by atoms with Gasteiger partial charge in [-0.2, -0.15) is 0 Å². The molecular weight excluding hydrogens is 420 g/mol. The maximum Gasteiger partial charge on any atom is 0.343 e. The third kappa shape index (κ3) is 4.85. The molecule has 33 heavy (non-hydrogen) atoms. The molecule has 2 aliphatic carbocycles. The second-order valence-electron chi connectivity index (χ2n) is 10.2. The highest BCUT2D eigenvalue weighted by molar-refractivity contribution is 6.12. The topological polar surface area (TPSA) is 78.9 Å². The minimum Gasteiger partial charge on any atom is -0.492 e. The van der Waals surface area contributed by atoms with E-state index in [1.165, 1.54) is 26.4 Å². The summed E-state index contributed by atoms with van der Waals surface area (Å²) in [6.07, 6.45) is 10.0. The first kappa shape index (κ1) is 24.2. The standard InChI is InChI=1S/C27H30O6/c1-26(2,3)18-10-15(11-19(23(18)28)27(4,5)6)9-17-14-20(33-25(17)30)16-12-21(31-7)24(29)22(13-16)32-8/h9-14H,1-8H3. The summed E-state index contributed by atoms with van der Waals surface area (Å²) < 4.78 is 15.7. The molecule has 3 aliphatic rings. The van der Waals surface area contributed by atoms with Gasteiger partial charge < -0.3 is 14.2 Å². The van der Waals surface area contributed by atoms with Crippen molar-refractivity contribution >= 4 is 17.5 Å². The minimum absolute atomic E-state index is 0.0271. The molecule has 0 radical (unpaired) electrons. The van der Waals surface area contributed by atoms with Crippen LogP contribution in [-0.4, -0.2) is 31.8 Å². The molecule has 174 valence electrons. The fourth-order valence-electron chi connectivity index (χ4n) is 3.68. The van der Waals surface area contributed by atoms with Gasteiger partial charge in [-0.15, -0.1) is 0 Å². The van der Waals surface area contributed by atoms with Gasteiger partial charge in [0, 0.05) is 16.7 Å². The Hall–Kier alpha value is -3.41. The van der Waals surface area contributed by atoms with Crippen LogP contribution in [0.2, 0.25) is 0 Å². The highest BCUT2D eigenvalue weighted by Crippen LogP contribution is 2.39. The normalized spacial score (nSPS) is 19.5. The van der Waals surface area contributed by atoms with E-state index in [4.69, 9.17) is 14.2 Å². The van der Waals surface area contributed by atoms with Crippen molar-refractivity contribution in [3.8, 4) is 0 Å². The molecule has 0 saturated carbocycles. The molecular formula is C27H30O6. The fraction of sp³-hybridized carbons (Fsp3) is 0.370. The van der Waals surface area contributed by atoms with Crippen LogP contribution in [0.15, 0.2) is 81.6 Å². The molecule has 1 aliphatic heterocycles. The second-order valence-corrected chi connectivity index (χ2v) is 10.2. The Morgan fingerprint density at radius 3 is 1.64 bits per heavy atom. The van der Waals surface area contributed by atoms with Crippen LogP contribution in [0.5, 0.6) is 0 Å². The van der Waals surface area contributed by atoms with Gasteiger partial charge in [0.25, 0.3) is 5.78 Å². The average Bonchev–Trinajstić information content (AvgIpc) is 3.07. The van der Waals surface area contributed by atoms with Crippen molar-refractivity contribution in [1.82, 2.24) is 0 Å². The Kier molecular flexibility index (Phi) is 6.25. The maximum absolute atomic E-state index is 13.1. The van der Waals surface area contributed by atoms with E-state index in [1.807, 2.05) is 53.7 Å². The molecule has 0 atom stereocenters. The Morgan fingerprint density at radius 2 is 1.21 bits per heavy atom. The molecule has 0 bridgehead atoms. The molecule has 0 spiro atoms. The SMILES string of the molecule is COC1=CC(=C2C=C(C=C3C=C(C(C)(C)C)C(=O)C(C(C)(C)C)=C3)C(=O)O2)C=C(OC)C1=O. The molecule has 1 heterocycles. The zero-order valence-electron chi connectivity index (χ0n) is 20.4. The van der Waals surface area contributed by atoms with E-state index in [-0.39, 0.29) is 39.7 Å². The number of carbonyl (C=O) groups excluding carboxylic acids is 3. The van der Waals surface area contributed by atoms with Crippen LogP contribution in [0, 0.1) is 10.8 Å².